The molecular formula is C23H24N4O2. The first-order valence-electron chi connectivity index (χ1n) is 9.48. The molecule has 1 unspecified atom stereocenters. The molecule has 0 fully saturated rings. The Balaban J connectivity index is 1.68. The third-order valence-corrected chi connectivity index (χ3v) is 4.50. The van der Waals surface area contributed by atoms with Crippen LogP contribution >= 0.6 is 0 Å². The first kappa shape index (κ1) is 20.1. The lowest BCUT2D eigenvalue weighted by Crippen LogP contribution is -2.49. The molecular weight excluding hydrogens is 364 g/mol. The van der Waals surface area contributed by atoms with Gasteiger partial charge in [-0.15, -0.1) is 0 Å². The summed E-state index contributed by atoms with van der Waals surface area (Å²) in [6.45, 7) is 1.90. The standard InChI is InChI=1S/C23H24N4O2/c1-17(19-10-6-3-7-11-19)25-23(29)27-21(16-18-8-4-2-5-9-18)22(28)26-20-12-14-24-15-13-20/h2-15,17,21H,16H2,1H3,(H,24,26,28)(H2,25,27,29)/t17-,21?/m0/s1. The van der Waals surface area contributed by atoms with E-state index in [-0.39, 0.29) is 11.9 Å². The van der Waals surface area contributed by atoms with Crippen molar-refractivity contribution in [2.45, 2.75) is 25.4 Å². The molecule has 6 nitrogen and oxygen atoms in total. The molecule has 6 heteroatoms. The molecule has 0 radical (unpaired) electrons. The van der Waals surface area contributed by atoms with Crippen LogP contribution in [0.25, 0.3) is 0 Å². The first-order valence-corrected chi connectivity index (χ1v) is 9.48. The third-order valence-electron chi connectivity index (χ3n) is 4.50. The van der Waals surface area contributed by atoms with Gasteiger partial charge in [-0.2, -0.15) is 0 Å². The second kappa shape index (κ2) is 10.0. The summed E-state index contributed by atoms with van der Waals surface area (Å²) < 4.78 is 0. The lowest BCUT2D eigenvalue weighted by atomic mass is 10.1. The Labute approximate surface area is 170 Å². The molecule has 0 bridgehead atoms. The second-order valence-corrected chi connectivity index (χ2v) is 6.72. The van der Waals surface area contributed by atoms with Crippen LogP contribution in [0.5, 0.6) is 0 Å². The average Bonchev–Trinajstić information content (AvgIpc) is 2.75. The van der Waals surface area contributed by atoms with Crippen molar-refractivity contribution in [3.63, 3.8) is 0 Å². The molecule has 0 spiro atoms. The number of nitrogens with one attached hydrogen (secondary N) is 3. The predicted molar refractivity (Wildman–Crippen MR) is 113 cm³/mol. The number of hydrogen-bond donors (Lipinski definition) is 3. The van der Waals surface area contributed by atoms with Gasteiger partial charge >= 0.3 is 6.03 Å². The van der Waals surface area contributed by atoms with Crippen LogP contribution in [0.15, 0.2) is 85.2 Å². The number of urea groups is 1. The van der Waals surface area contributed by atoms with E-state index in [9.17, 15) is 9.59 Å². The summed E-state index contributed by atoms with van der Waals surface area (Å²) in [7, 11) is 0. The molecule has 0 saturated heterocycles. The molecule has 3 rings (SSSR count). The molecule has 29 heavy (non-hydrogen) atoms. The number of pyridine rings is 1. The maximum Gasteiger partial charge on any atom is 0.315 e. The van der Waals surface area contributed by atoms with Crippen LogP contribution in [0.1, 0.15) is 24.1 Å². The zero-order valence-electron chi connectivity index (χ0n) is 16.2. The van der Waals surface area contributed by atoms with E-state index in [1.807, 2.05) is 67.6 Å². The molecule has 1 heterocycles. The summed E-state index contributed by atoms with van der Waals surface area (Å²) in [5.74, 6) is -0.289. The molecule has 0 aliphatic rings. The van der Waals surface area contributed by atoms with Crippen LogP contribution in [0, 0.1) is 0 Å². The minimum Gasteiger partial charge on any atom is -0.332 e. The minimum absolute atomic E-state index is 0.183. The van der Waals surface area contributed by atoms with E-state index in [1.54, 1.807) is 24.5 Å². The maximum absolute atomic E-state index is 12.8. The van der Waals surface area contributed by atoms with Gasteiger partial charge in [0.2, 0.25) is 5.91 Å². The van der Waals surface area contributed by atoms with E-state index in [4.69, 9.17) is 0 Å². The van der Waals surface area contributed by atoms with Gasteiger partial charge in [-0.05, 0) is 30.2 Å². The predicted octanol–water partition coefficient (Wildman–Crippen LogP) is 3.69. The number of nitrogens with zero attached hydrogens (tertiary/aromatic N) is 1. The molecule has 148 valence electrons. The van der Waals surface area contributed by atoms with Gasteiger partial charge in [0.1, 0.15) is 6.04 Å². The van der Waals surface area contributed by atoms with Gasteiger partial charge in [-0.3, -0.25) is 9.78 Å². The normalized spacial score (nSPS) is 12.4. The number of carbonyl (C=O) groups excluding carboxylic acids is 2. The third kappa shape index (κ3) is 6.17. The Hall–Kier alpha value is -3.67. The van der Waals surface area contributed by atoms with Gasteiger partial charge in [0.25, 0.3) is 0 Å². The fraction of sp³-hybridized carbons (Fsp3) is 0.174. The van der Waals surface area contributed by atoms with Gasteiger partial charge in [0.05, 0.1) is 6.04 Å². The summed E-state index contributed by atoms with van der Waals surface area (Å²) in [6, 6.07) is 21.4. The molecule has 0 saturated carbocycles. The van der Waals surface area contributed by atoms with Crippen molar-refractivity contribution in [1.82, 2.24) is 15.6 Å². The van der Waals surface area contributed by atoms with Crippen molar-refractivity contribution >= 4 is 17.6 Å². The number of carbonyl (C=O) groups is 2. The Morgan fingerprint density at radius 1 is 0.862 bits per heavy atom. The van der Waals surface area contributed by atoms with Crippen LogP contribution < -0.4 is 16.0 Å². The number of rotatable bonds is 7. The van der Waals surface area contributed by atoms with E-state index in [0.717, 1.165) is 11.1 Å². The van der Waals surface area contributed by atoms with Crippen molar-refractivity contribution in [3.05, 3.63) is 96.3 Å². The summed E-state index contributed by atoms with van der Waals surface area (Å²) >= 11 is 0. The number of anilines is 1. The van der Waals surface area contributed by atoms with Crippen LogP contribution in [-0.4, -0.2) is 23.0 Å². The Morgan fingerprint density at radius 2 is 1.48 bits per heavy atom. The number of aromatic nitrogens is 1. The van der Waals surface area contributed by atoms with Crippen LogP contribution in [0.2, 0.25) is 0 Å². The smallest absolute Gasteiger partial charge is 0.315 e. The maximum atomic E-state index is 12.8. The fourth-order valence-corrected chi connectivity index (χ4v) is 2.95. The first-order chi connectivity index (χ1) is 14.1. The molecule has 0 aliphatic carbocycles. The number of amides is 3. The lowest BCUT2D eigenvalue weighted by Gasteiger charge is -2.21. The van der Waals surface area contributed by atoms with Crippen molar-refractivity contribution in [1.29, 1.82) is 0 Å². The van der Waals surface area contributed by atoms with Gasteiger partial charge in [0.15, 0.2) is 0 Å². The van der Waals surface area contributed by atoms with Crippen LogP contribution in [-0.2, 0) is 11.2 Å². The van der Waals surface area contributed by atoms with E-state index >= 15 is 0 Å². The van der Waals surface area contributed by atoms with Gasteiger partial charge in [0, 0.05) is 24.5 Å². The van der Waals surface area contributed by atoms with E-state index < -0.39 is 12.1 Å². The average molecular weight is 388 g/mol. The summed E-state index contributed by atoms with van der Waals surface area (Å²) in [5.41, 5.74) is 2.57. The van der Waals surface area contributed by atoms with Crippen LogP contribution in [0.4, 0.5) is 10.5 Å². The summed E-state index contributed by atoms with van der Waals surface area (Å²) in [6.07, 6.45) is 3.58. The molecule has 2 aromatic carbocycles. The lowest BCUT2D eigenvalue weighted by molar-refractivity contribution is -0.117. The molecule has 2 atom stereocenters. The Kier molecular flexibility index (Phi) is 6.95. The van der Waals surface area contributed by atoms with Crippen molar-refractivity contribution in [2.75, 3.05) is 5.32 Å². The Morgan fingerprint density at radius 3 is 2.14 bits per heavy atom. The molecule has 3 aromatic rings. The number of hydrogen-bond acceptors (Lipinski definition) is 3. The van der Waals surface area contributed by atoms with E-state index in [1.165, 1.54) is 0 Å². The molecule has 1 aromatic heterocycles. The highest BCUT2D eigenvalue weighted by molar-refractivity contribution is 5.97. The van der Waals surface area contributed by atoms with Gasteiger partial charge in [-0.25, -0.2) is 4.79 Å². The molecule has 0 aliphatic heterocycles. The highest BCUT2D eigenvalue weighted by Gasteiger charge is 2.22. The van der Waals surface area contributed by atoms with E-state index in [0.29, 0.717) is 12.1 Å². The zero-order chi connectivity index (χ0) is 20.5. The number of benzene rings is 2. The van der Waals surface area contributed by atoms with Gasteiger partial charge in [-0.1, -0.05) is 60.7 Å². The fourth-order valence-electron chi connectivity index (χ4n) is 2.95. The van der Waals surface area contributed by atoms with Crippen molar-refractivity contribution in [2.24, 2.45) is 0 Å². The second-order valence-electron chi connectivity index (χ2n) is 6.72. The monoisotopic (exact) mass is 388 g/mol. The van der Waals surface area contributed by atoms with E-state index in [2.05, 4.69) is 20.9 Å². The SMILES string of the molecule is C[C@H](NC(=O)NC(Cc1ccccc1)C(=O)Nc1ccncc1)c1ccccc1. The Bertz CT molecular complexity index is 917. The quantitative estimate of drug-likeness (QED) is 0.577. The summed E-state index contributed by atoms with van der Waals surface area (Å²) in [4.78, 5) is 29.4. The van der Waals surface area contributed by atoms with Crippen LogP contribution in [0.3, 0.4) is 0 Å². The van der Waals surface area contributed by atoms with Crippen molar-refractivity contribution < 1.29 is 9.59 Å². The minimum atomic E-state index is -0.728. The highest BCUT2D eigenvalue weighted by Crippen LogP contribution is 2.12. The zero-order valence-corrected chi connectivity index (χ0v) is 16.2. The van der Waals surface area contributed by atoms with Gasteiger partial charge < -0.3 is 16.0 Å². The molecule has 3 N–H and O–H groups in total. The van der Waals surface area contributed by atoms with Crippen molar-refractivity contribution in [3.8, 4) is 0 Å². The highest BCUT2D eigenvalue weighted by atomic mass is 16.2. The largest absolute Gasteiger partial charge is 0.332 e. The molecule has 3 amide bonds. The summed E-state index contributed by atoms with van der Waals surface area (Å²) in [5, 5.41) is 8.53. The topological polar surface area (TPSA) is 83.1 Å².